The van der Waals surface area contributed by atoms with Gasteiger partial charge in [-0.2, -0.15) is 9.55 Å². The summed E-state index contributed by atoms with van der Waals surface area (Å²) < 4.78 is 27.3. The molecule has 1 saturated carbocycles. The number of carbonyl (C=O) groups excluding carboxylic acids is 3. The maximum atomic E-state index is 14.9. The topological polar surface area (TPSA) is 129 Å². The van der Waals surface area contributed by atoms with Gasteiger partial charge in [0, 0.05) is 24.2 Å². The molecule has 13 heteroatoms. The Hall–Kier alpha value is -3.69. The Morgan fingerprint density at radius 2 is 1.64 bits per heavy atom. The van der Waals surface area contributed by atoms with Crippen molar-refractivity contribution in [1.82, 2.24) is 20.0 Å². The van der Waals surface area contributed by atoms with E-state index in [4.69, 9.17) is 32.5 Å². The van der Waals surface area contributed by atoms with Crippen molar-refractivity contribution in [1.29, 1.82) is 0 Å². The standard InChI is InChI=1S/C34H37Cl2N4O6P/c1-21(2)45-34(43)22(3)39-47(44,46-27-17-16-23-10-7-8-11-24(23)18-27)40-20-25(19-30(41)31-28(35)14-9-15-29(31)36)32(38-40)33(42)37-26-12-5-4-6-13-26/h7-11,14-18,20-22,26H,4-6,12-13,19H2,1-3H3,(H,37,42)(H,39,44)/t22-,47?/m0/s1. The number of hydrogen-bond acceptors (Lipinski definition) is 7. The lowest BCUT2D eigenvalue weighted by molar-refractivity contribution is -0.149. The van der Waals surface area contributed by atoms with Gasteiger partial charge in [0.15, 0.2) is 11.5 Å². The fraction of sp³-hybridized carbons (Fsp3) is 0.353. The van der Waals surface area contributed by atoms with Gasteiger partial charge in [-0.3, -0.25) is 14.4 Å². The fourth-order valence-corrected chi connectivity index (χ4v) is 7.86. The van der Waals surface area contributed by atoms with Crippen molar-refractivity contribution in [2.24, 2.45) is 0 Å². The highest BCUT2D eigenvalue weighted by molar-refractivity contribution is 7.55. The molecule has 1 aliphatic carbocycles. The van der Waals surface area contributed by atoms with E-state index < -0.39 is 37.5 Å². The second kappa shape index (κ2) is 15.0. The van der Waals surface area contributed by atoms with Gasteiger partial charge in [0.2, 0.25) is 0 Å². The third kappa shape index (κ3) is 8.43. The lowest BCUT2D eigenvalue weighted by Crippen LogP contribution is -2.38. The van der Waals surface area contributed by atoms with Crippen LogP contribution >= 0.6 is 30.9 Å². The molecule has 1 amide bonds. The van der Waals surface area contributed by atoms with Crippen LogP contribution in [-0.4, -0.2) is 45.4 Å². The molecule has 4 aromatic rings. The van der Waals surface area contributed by atoms with Gasteiger partial charge in [-0.25, -0.2) is 9.65 Å². The van der Waals surface area contributed by atoms with Crippen LogP contribution < -0.4 is 14.9 Å². The molecule has 5 rings (SSSR count). The fourth-order valence-electron chi connectivity index (χ4n) is 5.50. The van der Waals surface area contributed by atoms with Crippen LogP contribution in [0.25, 0.3) is 10.8 Å². The molecular weight excluding hydrogens is 662 g/mol. The van der Waals surface area contributed by atoms with Crippen LogP contribution in [0.3, 0.4) is 0 Å². The Labute approximate surface area is 283 Å². The van der Waals surface area contributed by atoms with E-state index in [2.05, 4.69) is 15.5 Å². The minimum absolute atomic E-state index is 0.0624. The van der Waals surface area contributed by atoms with Crippen molar-refractivity contribution >= 4 is 59.3 Å². The molecule has 0 spiro atoms. The molecule has 248 valence electrons. The van der Waals surface area contributed by atoms with Gasteiger partial charge in [0.1, 0.15) is 11.8 Å². The van der Waals surface area contributed by atoms with Gasteiger partial charge >= 0.3 is 13.6 Å². The monoisotopic (exact) mass is 698 g/mol. The first kappa shape index (κ1) is 34.6. The Morgan fingerprint density at radius 3 is 2.32 bits per heavy atom. The van der Waals surface area contributed by atoms with E-state index in [-0.39, 0.29) is 45.1 Å². The van der Waals surface area contributed by atoms with Crippen molar-refractivity contribution in [3.63, 3.8) is 0 Å². The quantitative estimate of drug-likeness (QED) is 0.0872. The smallest absolute Gasteiger partial charge is 0.440 e. The van der Waals surface area contributed by atoms with Crippen molar-refractivity contribution in [2.45, 2.75) is 77.5 Å². The minimum Gasteiger partial charge on any atom is -0.462 e. The lowest BCUT2D eigenvalue weighted by atomic mass is 9.95. The zero-order chi connectivity index (χ0) is 33.7. The summed E-state index contributed by atoms with van der Waals surface area (Å²) >= 11 is 12.7. The zero-order valence-corrected chi connectivity index (χ0v) is 28.8. The number of esters is 1. The summed E-state index contributed by atoms with van der Waals surface area (Å²) in [7, 11) is -4.34. The van der Waals surface area contributed by atoms with E-state index in [1.54, 1.807) is 44.2 Å². The Morgan fingerprint density at radius 1 is 0.957 bits per heavy atom. The predicted molar refractivity (Wildman–Crippen MR) is 182 cm³/mol. The number of rotatable bonds is 12. The molecule has 1 aromatic heterocycles. The average Bonchev–Trinajstić information content (AvgIpc) is 3.46. The highest BCUT2D eigenvalue weighted by atomic mass is 35.5. The first-order chi connectivity index (χ1) is 22.4. The normalized spacial score (nSPS) is 15.6. The molecule has 0 radical (unpaired) electrons. The van der Waals surface area contributed by atoms with Crippen LogP contribution in [0.1, 0.15) is 79.3 Å². The number of amides is 1. The van der Waals surface area contributed by atoms with Crippen molar-refractivity contribution < 1.29 is 28.2 Å². The maximum Gasteiger partial charge on any atom is 0.440 e. The number of hydrogen-bond donors (Lipinski definition) is 2. The predicted octanol–water partition coefficient (Wildman–Crippen LogP) is 7.80. The van der Waals surface area contributed by atoms with E-state index in [0.29, 0.717) is 0 Å². The highest BCUT2D eigenvalue weighted by Crippen LogP contribution is 2.46. The summed E-state index contributed by atoms with van der Waals surface area (Å²) in [4.78, 5) is 40.1. The van der Waals surface area contributed by atoms with Crippen LogP contribution in [0.4, 0.5) is 0 Å². The van der Waals surface area contributed by atoms with Gasteiger partial charge < -0.3 is 14.6 Å². The first-order valence-corrected chi connectivity index (χ1v) is 17.9. The summed E-state index contributed by atoms with van der Waals surface area (Å²) in [6, 6.07) is 16.3. The number of ether oxygens (including phenoxy) is 1. The zero-order valence-electron chi connectivity index (χ0n) is 26.4. The number of nitrogens with one attached hydrogen (secondary N) is 2. The number of Topliss-reactive ketones (excluding diaryl/α,β-unsaturated/α-hetero) is 1. The number of benzene rings is 3. The largest absolute Gasteiger partial charge is 0.462 e. The van der Waals surface area contributed by atoms with Crippen LogP contribution in [0.2, 0.25) is 10.0 Å². The van der Waals surface area contributed by atoms with E-state index in [9.17, 15) is 18.9 Å². The summed E-state index contributed by atoms with van der Waals surface area (Å²) in [6.07, 6.45) is 5.29. The van der Waals surface area contributed by atoms with Crippen LogP contribution in [0, 0.1) is 0 Å². The molecule has 0 saturated heterocycles. The van der Waals surface area contributed by atoms with Crippen molar-refractivity contribution in [3.05, 3.63) is 93.7 Å². The SMILES string of the molecule is CC(C)OC(=O)[C@H](C)NP(=O)(Oc1ccc2ccccc2c1)n1cc(CC(=O)c2c(Cl)cccc2Cl)c(C(=O)NC2CCCCC2)n1. The average molecular weight is 700 g/mol. The van der Waals surface area contributed by atoms with Crippen molar-refractivity contribution in [2.75, 3.05) is 0 Å². The number of carbonyl (C=O) groups is 3. The first-order valence-electron chi connectivity index (χ1n) is 15.6. The Bertz CT molecular complexity index is 1820. The molecule has 47 heavy (non-hydrogen) atoms. The Kier molecular flexibility index (Phi) is 11.1. The maximum absolute atomic E-state index is 14.9. The van der Waals surface area contributed by atoms with Crippen molar-refractivity contribution in [3.8, 4) is 5.75 Å². The van der Waals surface area contributed by atoms with Gasteiger partial charge in [-0.1, -0.05) is 78.9 Å². The second-order valence-corrected chi connectivity index (χ2v) is 14.6. The molecule has 1 fully saturated rings. The third-order valence-corrected chi connectivity index (χ3v) is 10.4. The number of nitrogens with zero attached hydrogens (tertiary/aromatic N) is 2. The van der Waals surface area contributed by atoms with E-state index >= 15 is 0 Å². The number of aromatic nitrogens is 2. The number of halogens is 2. The summed E-state index contributed by atoms with van der Waals surface area (Å²) in [5, 5.41) is 12.3. The molecule has 1 aliphatic rings. The van der Waals surface area contributed by atoms with Gasteiger partial charge in [-0.05, 0) is 68.7 Å². The summed E-state index contributed by atoms with van der Waals surface area (Å²) in [6.45, 7) is 4.90. The molecule has 0 aliphatic heterocycles. The van der Waals surface area contributed by atoms with E-state index in [1.807, 2.05) is 30.3 Å². The lowest BCUT2D eigenvalue weighted by Gasteiger charge is -2.24. The molecule has 3 aromatic carbocycles. The van der Waals surface area contributed by atoms with Gasteiger partial charge in [0.25, 0.3) is 5.91 Å². The molecule has 10 nitrogen and oxygen atoms in total. The Balaban J connectivity index is 1.56. The molecule has 2 N–H and O–H groups in total. The van der Waals surface area contributed by atoms with Crippen LogP contribution in [-0.2, 0) is 20.5 Å². The molecule has 2 atom stereocenters. The van der Waals surface area contributed by atoms with Crippen LogP contribution in [0.15, 0.2) is 66.9 Å². The third-order valence-electron chi connectivity index (χ3n) is 7.81. The molecular formula is C34H37Cl2N4O6P. The molecule has 1 unspecified atom stereocenters. The van der Waals surface area contributed by atoms with E-state index in [0.717, 1.165) is 47.3 Å². The highest BCUT2D eigenvalue weighted by Gasteiger charge is 2.36. The molecule has 0 bridgehead atoms. The second-order valence-electron chi connectivity index (χ2n) is 11.9. The number of fused-ring (bicyclic) bond motifs is 1. The molecule has 1 heterocycles. The van der Waals surface area contributed by atoms with Gasteiger partial charge in [0.05, 0.1) is 21.7 Å². The van der Waals surface area contributed by atoms with Crippen LogP contribution in [0.5, 0.6) is 5.75 Å². The number of ketones is 1. The van der Waals surface area contributed by atoms with E-state index in [1.165, 1.54) is 13.1 Å². The summed E-state index contributed by atoms with van der Waals surface area (Å²) in [5.74, 6) is -1.41. The minimum atomic E-state index is -4.34. The summed E-state index contributed by atoms with van der Waals surface area (Å²) in [5.41, 5.74) is 0.176. The van der Waals surface area contributed by atoms with Gasteiger partial charge in [-0.15, -0.1) is 0 Å².